The summed E-state index contributed by atoms with van der Waals surface area (Å²) in [6.07, 6.45) is 33.7. The summed E-state index contributed by atoms with van der Waals surface area (Å²) >= 11 is 0. The number of carbonyl (C=O) groups is 2. The Labute approximate surface area is 370 Å². The van der Waals surface area contributed by atoms with Gasteiger partial charge in [-0.2, -0.15) is 8.42 Å². The smallest absolute Gasteiger partial charge is 0.306 e. The average molecular weight is 889 g/mol. The van der Waals surface area contributed by atoms with Crippen LogP contribution in [0, 0.1) is 0 Å². The topological polar surface area (TPSA) is 186 Å². The fourth-order valence-electron chi connectivity index (χ4n) is 7.43. The predicted octanol–water partition coefficient (Wildman–Crippen LogP) is 10.4. The van der Waals surface area contributed by atoms with E-state index in [-0.39, 0.29) is 19.4 Å². The van der Waals surface area contributed by atoms with Crippen molar-refractivity contribution in [2.75, 3.05) is 19.0 Å². The first-order chi connectivity index (χ1) is 29.5. The lowest BCUT2D eigenvalue weighted by Crippen LogP contribution is -2.60. The van der Waals surface area contributed by atoms with E-state index in [1.165, 1.54) is 116 Å². The minimum Gasteiger partial charge on any atom is -0.462 e. The molecular formula is C48H88O12S. The predicted molar refractivity (Wildman–Crippen MR) is 243 cm³/mol. The van der Waals surface area contributed by atoms with Gasteiger partial charge in [-0.1, -0.05) is 160 Å². The minimum atomic E-state index is -4.60. The summed E-state index contributed by atoms with van der Waals surface area (Å²) < 4.78 is 54.1. The van der Waals surface area contributed by atoms with Crippen LogP contribution >= 0.6 is 0 Å². The lowest BCUT2D eigenvalue weighted by molar-refractivity contribution is -0.297. The highest BCUT2D eigenvalue weighted by Gasteiger charge is 2.46. The molecule has 0 radical (unpaired) electrons. The monoisotopic (exact) mass is 889 g/mol. The maximum absolute atomic E-state index is 12.8. The van der Waals surface area contributed by atoms with Gasteiger partial charge in [-0.25, -0.2) is 0 Å². The maximum Gasteiger partial charge on any atom is 0.306 e. The fourth-order valence-corrected chi connectivity index (χ4v) is 8.12. The Bertz CT molecular complexity index is 1220. The van der Waals surface area contributed by atoms with E-state index in [2.05, 4.69) is 38.2 Å². The van der Waals surface area contributed by atoms with E-state index in [0.29, 0.717) is 12.8 Å². The Morgan fingerprint density at radius 1 is 0.541 bits per heavy atom. The molecule has 4 N–H and O–H groups in total. The summed E-state index contributed by atoms with van der Waals surface area (Å²) in [5.74, 6) is -1.99. The number of rotatable bonds is 41. The normalized spacial score (nSPS) is 20.1. The minimum absolute atomic E-state index is 0.164. The molecule has 1 heterocycles. The largest absolute Gasteiger partial charge is 0.462 e. The van der Waals surface area contributed by atoms with Gasteiger partial charge < -0.3 is 34.3 Å². The van der Waals surface area contributed by atoms with Gasteiger partial charge in [0.1, 0.15) is 36.8 Å². The first kappa shape index (κ1) is 57.1. The lowest BCUT2D eigenvalue weighted by Gasteiger charge is -2.40. The number of carbonyl (C=O) groups excluding carboxylic acids is 2. The molecule has 1 aliphatic rings. The van der Waals surface area contributed by atoms with Gasteiger partial charge in [0, 0.05) is 12.8 Å². The zero-order valence-electron chi connectivity index (χ0n) is 38.3. The fraction of sp³-hybridized carbons (Fsp3) is 0.875. The second-order valence-corrected chi connectivity index (χ2v) is 18.6. The van der Waals surface area contributed by atoms with Crippen LogP contribution in [0.3, 0.4) is 0 Å². The molecule has 0 aromatic rings. The molecule has 0 aromatic carbocycles. The number of allylic oxidation sites excluding steroid dienone is 4. The van der Waals surface area contributed by atoms with E-state index in [4.69, 9.17) is 18.9 Å². The van der Waals surface area contributed by atoms with Crippen molar-refractivity contribution in [2.24, 2.45) is 0 Å². The zero-order chi connectivity index (χ0) is 44.8. The van der Waals surface area contributed by atoms with Crippen LogP contribution in [0.1, 0.15) is 213 Å². The van der Waals surface area contributed by atoms with Crippen molar-refractivity contribution < 1.29 is 56.8 Å². The second kappa shape index (κ2) is 38.6. The molecule has 13 heteroatoms. The van der Waals surface area contributed by atoms with Gasteiger partial charge in [-0.15, -0.1) is 0 Å². The number of hydrogen-bond acceptors (Lipinski definition) is 11. The molecule has 12 nitrogen and oxygen atoms in total. The van der Waals surface area contributed by atoms with Crippen LogP contribution in [-0.4, -0.2) is 96.0 Å². The molecule has 0 bridgehead atoms. The highest BCUT2D eigenvalue weighted by Crippen LogP contribution is 2.24. The van der Waals surface area contributed by atoms with Crippen molar-refractivity contribution in [3.05, 3.63) is 24.3 Å². The molecular weight excluding hydrogens is 801 g/mol. The Kier molecular flexibility index (Phi) is 36.1. The Balaban J connectivity index is 2.37. The standard InChI is InChI=1S/C48H88O12S/c1-3-5-7-9-11-13-15-17-18-19-20-21-22-23-24-25-27-29-31-33-35-37-44(50)59-41(39-58-48-47(53)46(52)45(51)42(60-48)40-61(54,55)56)38-57-43(49)36-34-32-30-28-26-16-14-12-10-8-6-4-2/h12,14,17-18,41-42,45-48,51-53H,3-11,13,15-16,19-40H2,1-2H3,(H,54,55,56)/b14-12+,18-17+/t41-,42-,45-,46?,47?,48+/m1/s1. The van der Waals surface area contributed by atoms with Gasteiger partial charge in [0.05, 0.1) is 6.61 Å². The highest BCUT2D eigenvalue weighted by atomic mass is 32.2. The van der Waals surface area contributed by atoms with Gasteiger partial charge in [0.2, 0.25) is 0 Å². The SMILES string of the molecule is CCCCC/C=C/CCCCCCCC(=O)OC[C@H](CO[C@H]1O[C@H](CS(=O)(=O)O)[C@@H](O)C(O)C1O)OC(=O)CCCCCCCCCCCCC/C=C/CCCCCCCC. The molecule has 6 atom stereocenters. The molecule has 0 aliphatic carbocycles. The second-order valence-electron chi connectivity index (χ2n) is 17.1. The summed E-state index contributed by atoms with van der Waals surface area (Å²) in [6.45, 7) is 3.74. The van der Waals surface area contributed by atoms with Gasteiger partial charge in [-0.05, 0) is 64.2 Å². The van der Waals surface area contributed by atoms with E-state index in [9.17, 15) is 37.9 Å². The average Bonchev–Trinajstić information content (AvgIpc) is 3.22. The van der Waals surface area contributed by atoms with E-state index in [1.54, 1.807) is 0 Å². The van der Waals surface area contributed by atoms with E-state index in [0.717, 1.165) is 57.8 Å². The molecule has 1 saturated heterocycles. The Hall–Kier alpha value is -1.87. The van der Waals surface area contributed by atoms with Gasteiger partial charge >= 0.3 is 11.9 Å². The van der Waals surface area contributed by atoms with Crippen LogP contribution < -0.4 is 0 Å². The van der Waals surface area contributed by atoms with Crippen LogP contribution in [0.2, 0.25) is 0 Å². The Morgan fingerprint density at radius 2 is 0.934 bits per heavy atom. The molecule has 0 aromatic heterocycles. The maximum atomic E-state index is 12.8. The molecule has 0 amide bonds. The first-order valence-corrected chi connectivity index (χ1v) is 26.0. The summed E-state index contributed by atoms with van der Waals surface area (Å²) in [7, 11) is -4.60. The molecule has 0 saturated carbocycles. The van der Waals surface area contributed by atoms with Crippen LogP contribution in [0.25, 0.3) is 0 Å². The third kappa shape index (κ3) is 33.3. The molecule has 1 fully saturated rings. The molecule has 1 rings (SSSR count). The Morgan fingerprint density at radius 3 is 1.39 bits per heavy atom. The van der Waals surface area contributed by atoms with Crippen molar-refractivity contribution in [3.8, 4) is 0 Å². The summed E-state index contributed by atoms with van der Waals surface area (Å²) in [6, 6.07) is 0. The van der Waals surface area contributed by atoms with E-state index in [1.807, 2.05) is 0 Å². The summed E-state index contributed by atoms with van der Waals surface area (Å²) in [5.41, 5.74) is 0. The van der Waals surface area contributed by atoms with Crippen molar-refractivity contribution in [1.82, 2.24) is 0 Å². The number of aliphatic hydroxyl groups excluding tert-OH is 3. The van der Waals surface area contributed by atoms with Gasteiger partial charge in [0.15, 0.2) is 12.4 Å². The van der Waals surface area contributed by atoms with E-state index >= 15 is 0 Å². The van der Waals surface area contributed by atoms with Gasteiger partial charge in [0.25, 0.3) is 10.1 Å². The van der Waals surface area contributed by atoms with Crippen molar-refractivity contribution in [1.29, 1.82) is 0 Å². The van der Waals surface area contributed by atoms with E-state index < -0.39 is 71.2 Å². The zero-order valence-corrected chi connectivity index (χ0v) is 39.1. The van der Waals surface area contributed by atoms with Crippen molar-refractivity contribution in [2.45, 2.75) is 250 Å². The number of aliphatic hydroxyl groups is 3. The van der Waals surface area contributed by atoms with Crippen LogP contribution in [-0.2, 0) is 38.7 Å². The number of hydrogen-bond donors (Lipinski definition) is 4. The molecule has 358 valence electrons. The highest BCUT2D eigenvalue weighted by molar-refractivity contribution is 7.85. The molecule has 0 spiro atoms. The third-order valence-corrected chi connectivity index (χ3v) is 12.0. The summed E-state index contributed by atoms with van der Waals surface area (Å²) in [5, 5.41) is 30.9. The van der Waals surface area contributed by atoms with Crippen LogP contribution in [0.15, 0.2) is 24.3 Å². The third-order valence-electron chi connectivity index (χ3n) is 11.3. The summed E-state index contributed by atoms with van der Waals surface area (Å²) in [4.78, 5) is 25.4. The number of ether oxygens (including phenoxy) is 4. The van der Waals surface area contributed by atoms with Crippen LogP contribution in [0.4, 0.5) is 0 Å². The van der Waals surface area contributed by atoms with Crippen molar-refractivity contribution >= 4 is 22.1 Å². The van der Waals surface area contributed by atoms with Gasteiger partial charge in [-0.3, -0.25) is 14.1 Å². The van der Waals surface area contributed by atoms with Crippen molar-refractivity contribution in [3.63, 3.8) is 0 Å². The molecule has 1 aliphatic heterocycles. The lowest BCUT2D eigenvalue weighted by atomic mass is 10.00. The number of esters is 2. The first-order valence-electron chi connectivity index (χ1n) is 24.4. The molecule has 61 heavy (non-hydrogen) atoms. The van der Waals surface area contributed by atoms with Crippen LogP contribution in [0.5, 0.6) is 0 Å². The quantitative estimate of drug-likeness (QED) is 0.0197. The number of unbranched alkanes of at least 4 members (excludes halogenated alkanes) is 25. The molecule has 2 unspecified atom stereocenters.